The molecular formula is C10H10BrF3O2. The van der Waals surface area contributed by atoms with Gasteiger partial charge >= 0.3 is 6.36 Å². The van der Waals surface area contributed by atoms with Crippen LogP contribution in [0.5, 0.6) is 11.5 Å². The minimum atomic E-state index is -4.69. The van der Waals surface area contributed by atoms with Gasteiger partial charge in [-0.1, -0.05) is 6.92 Å². The van der Waals surface area contributed by atoms with E-state index in [0.29, 0.717) is 17.7 Å². The Labute approximate surface area is 99.5 Å². The van der Waals surface area contributed by atoms with Gasteiger partial charge in [-0.25, -0.2) is 0 Å². The lowest BCUT2D eigenvalue weighted by molar-refractivity contribution is -0.274. The van der Waals surface area contributed by atoms with Crippen LogP contribution in [0, 0.1) is 0 Å². The van der Waals surface area contributed by atoms with E-state index in [2.05, 4.69) is 20.7 Å². The molecule has 6 heteroatoms. The van der Waals surface area contributed by atoms with Gasteiger partial charge in [0.1, 0.15) is 11.5 Å². The molecule has 1 aromatic rings. The number of hydrogen-bond acceptors (Lipinski definition) is 2. The van der Waals surface area contributed by atoms with Crippen molar-refractivity contribution in [2.75, 3.05) is 7.11 Å². The molecule has 0 heterocycles. The molecule has 0 saturated heterocycles. The third-order valence-electron chi connectivity index (χ3n) is 1.94. The minimum absolute atomic E-state index is 0.207. The Morgan fingerprint density at radius 1 is 1.25 bits per heavy atom. The lowest BCUT2D eigenvalue weighted by Gasteiger charge is -2.14. The van der Waals surface area contributed by atoms with Gasteiger partial charge in [-0.2, -0.15) is 0 Å². The molecule has 0 atom stereocenters. The molecule has 0 aromatic heterocycles. The number of alkyl halides is 3. The highest BCUT2D eigenvalue weighted by atomic mass is 79.9. The fraction of sp³-hybridized carbons (Fsp3) is 0.400. The predicted molar refractivity (Wildman–Crippen MR) is 56.8 cm³/mol. The largest absolute Gasteiger partial charge is 0.573 e. The molecular weight excluding hydrogens is 289 g/mol. The first kappa shape index (κ1) is 13.2. The molecule has 0 radical (unpaired) electrons. The lowest BCUT2D eigenvalue weighted by Crippen LogP contribution is -2.17. The fourth-order valence-corrected chi connectivity index (χ4v) is 1.65. The summed E-state index contributed by atoms with van der Waals surface area (Å²) in [5.74, 6) is 0.272. The van der Waals surface area contributed by atoms with Crippen LogP contribution in [0.25, 0.3) is 0 Å². The smallest absolute Gasteiger partial charge is 0.496 e. The first-order valence-electron chi connectivity index (χ1n) is 4.49. The molecule has 0 aliphatic rings. The van der Waals surface area contributed by atoms with Gasteiger partial charge in [0.25, 0.3) is 0 Å². The number of methoxy groups -OCH3 is 1. The van der Waals surface area contributed by atoms with Crippen molar-refractivity contribution in [3.05, 3.63) is 22.2 Å². The molecule has 0 unspecified atom stereocenters. The maximum Gasteiger partial charge on any atom is 0.573 e. The molecule has 0 amide bonds. The molecule has 0 fully saturated rings. The maximum atomic E-state index is 12.1. The molecule has 1 rings (SSSR count). The van der Waals surface area contributed by atoms with E-state index in [1.54, 1.807) is 0 Å². The summed E-state index contributed by atoms with van der Waals surface area (Å²) in [5.41, 5.74) is 0.657. The molecule has 0 aliphatic heterocycles. The summed E-state index contributed by atoms with van der Waals surface area (Å²) >= 11 is 3.00. The van der Waals surface area contributed by atoms with Crippen molar-refractivity contribution in [2.45, 2.75) is 19.7 Å². The van der Waals surface area contributed by atoms with E-state index in [-0.39, 0.29) is 10.2 Å². The number of hydrogen-bond donors (Lipinski definition) is 0. The van der Waals surface area contributed by atoms with Gasteiger partial charge in [0.2, 0.25) is 0 Å². The molecule has 90 valence electrons. The molecule has 0 aliphatic carbocycles. The molecule has 1 aromatic carbocycles. The van der Waals surface area contributed by atoms with Gasteiger partial charge < -0.3 is 9.47 Å². The van der Waals surface area contributed by atoms with Gasteiger partial charge in [0.15, 0.2) is 0 Å². The Morgan fingerprint density at radius 2 is 1.88 bits per heavy atom. The van der Waals surface area contributed by atoms with Crippen molar-refractivity contribution in [3.8, 4) is 11.5 Å². The monoisotopic (exact) mass is 298 g/mol. The van der Waals surface area contributed by atoms with Crippen LogP contribution >= 0.6 is 15.9 Å². The minimum Gasteiger partial charge on any atom is -0.496 e. The molecule has 0 saturated carbocycles. The number of aryl methyl sites for hydroxylation is 1. The number of ether oxygens (including phenoxy) is 2. The Morgan fingerprint density at radius 3 is 2.31 bits per heavy atom. The average molecular weight is 299 g/mol. The predicted octanol–water partition coefficient (Wildman–Crippen LogP) is 3.92. The van der Waals surface area contributed by atoms with Gasteiger partial charge in [-0.15, -0.1) is 13.2 Å². The summed E-state index contributed by atoms with van der Waals surface area (Å²) in [7, 11) is 1.46. The standard InChI is InChI=1S/C10H10BrF3O2/c1-3-6-4-9(16-10(12,13)14)7(11)5-8(6)15-2/h4-5H,3H2,1-2H3. The van der Waals surface area contributed by atoms with Crippen molar-refractivity contribution in [2.24, 2.45) is 0 Å². The van der Waals surface area contributed by atoms with Gasteiger partial charge in [0, 0.05) is 0 Å². The van der Waals surface area contributed by atoms with Crippen molar-refractivity contribution in [3.63, 3.8) is 0 Å². The van der Waals surface area contributed by atoms with E-state index in [1.807, 2.05) is 6.92 Å². The SMILES string of the molecule is CCc1cc(OC(F)(F)F)c(Br)cc1OC. The first-order valence-corrected chi connectivity index (χ1v) is 5.28. The molecule has 0 spiro atoms. The second kappa shape index (κ2) is 4.95. The topological polar surface area (TPSA) is 18.5 Å². The van der Waals surface area contributed by atoms with Crippen LogP contribution in [-0.4, -0.2) is 13.5 Å². The summed E-state index contributed by atoms with van der Waals surface area (Å²) < 4.78 is 45.3. The zero-order chi connectivity index (χ0) is 12.3. The summed E-state index contributed by atoms with van der Waals surface area (Å²) in [6.07, 6.45) is -4.13. The molecule has 0 bridgehead atoms. The Kier molecular flexibility index (Phi) is 4.07. The Balaban J connectivity index is 3.11. The summed E-state index contributed by atoms with van der Waals surface area (Å²) in [6.45, 7) is 1.82. The van der Waals surface area contributed by atoms with E-state index < -0.39 is 6.36 Å². The third kappa shape index (κ3) is 3.30. The van der Waals surface area contributed by atoms with Gasteiger partial charge in [-0.05, 0) is 40.0 Å². The van der Waals surface area contributed by atoms with Crippen LogP contribution in [0.2, 0.25) is 0 Å². The van der Waals surface area contributed by atoms with E-state index in [4.69, 9.17) is 4.74 Å². The second-order valence-corrected chi connectivity index (χ2v) is 3.85. The number of benzene rings is 1. The molecule has 2 nitrogen and oxygen atoms in total. The van der Waals surface area contributed by atoms with E-state index >= 15 is 0 Å². The van der Waals surface area contributed by atoms with Crippen molar-refractivity contribution < 1.29 is 22.6 Å². The van der Waals surface area contributed by atoms with Crippen LogP contribution in [0.4, 0.5) is 13.2 Å². The van der Waals surface area contributed by atoms with Crippen LogP contribution in [0.15, 0.2) is 16.6 Å². The molecule has 16 heavy (non-hydrogen) atoms. The lowest BCUT2D eigenvalue weighted by atomic mass is 10.1. The van der Waals surface area contributed by atoms with E-state index in [0.717, 1.165) is 0 Å². The Bertz CT molecular complexity index is 377. The summed E-state index contributed by atoms with van der Waals surface area (Å²) in [4.78, 5) is 0. The maximum absolute atomic E-state index is 12.1. The molecule has 0 N–H and O–H groups in total. The second-order valence-electron chi connectivity index (χ2n) is 3.00. The average Bonchev–Trinajstić information content (AvgIpc) is 2.18. The highest BCUT2D eigenvalue weighted by Gasteiger charge is 2.32. The fourth-order valence-electron chi connectivity index (χ4n) is 1.25. The quantitative estimate of drug-likeness (QED) is 0.842. The number of halogens is 4. The van der Waals surface area contributed by atoms with Crippen molar-refractivity contribution in [1.82, 2.24) is 0 Å². The van der Waals surface area contributed by atoms with Gasteiger partial charge in [-0.3, -0.25) is 0 Å². The zero-order valence-electron chi connectivity index (χ0n) is 8.69. The Hall–Kier alpha value is -0.910. The van der Waals surface area contributed by atoms with Crippen molar-refractivity contribution in [1.29, 1.82) is 0 Å². The van der Waals surface area contributed by atoms with Crippen LogP contribution in [0.1, 0.15) is 12.5 Å². The van der Waals surface area contributed by atoms with Crippen LogP contribution < -0.4 is 9.47 Å². The normalized spacial score (nSPS) is 11.4. The van der Waals surface area contributed by atoms with Crippen LogP contribution in [-0.2, 0) is 6.42 Å². The van der Waals surface area contributed by atoms with Crippen LogP contribution in [0.3, 0.4) is 0 Å². The van der Waals surface area contributed by atoms with Crippen molar-refractivity contribution >= 4 is 15.9 Å². The highest BCUT2D eigenvalue weighted by Crippen LogP contribution is 2.36. The van der Waals surface area contributed by atoms with E-state index in [1.165, 1.54) is 19.2 Å². The summed E-state index contributed by atoms with van der Waals surface area (Å²) in [6, 6.07) is 2.77. The zero-order valence-corrected chi connectivity index (χ0v) is 10.3. The summed E-state index contributed by atoms with van der Waals surface area (Å²) in [5, 5.41) is 0. The van der Waals surface area contributed by atoms with Gasteiger partial charge in [0.05, 0.1) is 11.6 Å². The number of rotatable bonds is 3. The highest BCUT2D eigenvalue weighted by molar-refractivity contribution is 9.10. The van der Waals surface area contributed by atoms with E-state index in [9.17, 15) is 13.2 Å². The third-order valence-corrected chi connectivity index (χ3v) is 2.56. The first-order chi connectivity index (χ1) is 7.37.